The van der Waals surface area contributed by atoms with Crippen molar-refractivity contribution in [3.05, 3.63) is 30.1 Å². The molecule has 2 heterocycles. The van der Waals surface area contributed by atoms with E-state index in [2.05, 4.69) is 4.98 Å². The number of alkyl halides is 1. The summed E-state index contributed by atoms with van der Waals surface area (Å²) in [6.45, 7) is 0. The summed E-state index contributed by atoms with van der Waals surface area (Å²) in [7, 11) is 1.54. The molecule has 0 radical (unpaired) electrons. The molecule has 0 spiro atoms. The second-order valence-corrected chi connectivity index (χ2v) is 5.55. The van der Waals surface area contributed by atoms with Gasteiger partial charge >= 0.3 is 0 Å². The lowest BCUT2D eigenvalue weighted by atomic mass is 10.0. The first kappa shape index (κ1) is 14.1. The van der Waals surface area contributed by atoms with Crippen molar-refractivity contribution in [1.82, 2.24) is 14.5 Å². The van der Waals surface area contributed by atoms with E-state index < -0.39 is 0 Å². The number of halogens is 1. The molecule has 0 N–H and O–H groups in total. The number of aryl methyl sites for hydroxylation is 1. The van der Waals surface area contributed by atoms with Crippen LogP contribution >= 0.6 is 11.6 Å². The summed E-state index contributed by atoms with van der Waals surface area (Å²) < 4.78 is 1.95. The number of imide groups is 1. The van der Waals surface area contributed by atoms with Gasteiger partial charge in [-0.25, -0.2) is 4.98 Å². The number of carbonyl (C=O) groups is 2. The number of piperidine rings is 1. The fraction of sp³-hybridized carbons (Fsp3) is 0.400. The number of amides is 2. The lowest BCUT2D eigenvalue weighted by Gasteiger charge is -2.29. The van der Waals surface area contributed by atoms with Crippen molar-refractivity contribution in [2.24, 2.45) is 0 Å². The predicted molar refractivity (Wildman–Crippen MR) is 80.2 cm³/mol. The van der Waals surface area contributed by atoms with Gasteiger partial charge in [0.25, 0.3) is 5.91 Å². The van der Waals surface area contributed by atoms with Gasteiger partial charge < -0.3 is 4.57 Å². The number of hydrogen-bond acceptors (Lipinski definition) is 3. The van der Waals surface area contributed by atoms with E-state index >= 15 is 0 Å². The van der Waals surface area contributed by atoms with E-state index in [1.165, 1.54) is 11.9 Å². The van der Waals surface area contributed by atoms with Crippen LogP contribution in [-0.2, 0) is 16.0 Å². The van der Waals surface area contributed by atoms with Crippen LogP contribution in [-0.4, -0.2) is 39.2 Å². The van der Waals surface area contributed by atoms with Crippen LogP contribution in [0.2, 0.25) is 0 Å². The van der Waals surface area contributed by atoms with Gasteiger partial charge in [-0.2, -0.15) is 0 Å². The molecule has 1 aliphatic rings. The van der Waals surface area contributed by atoms with Crippen molar-refractivity contribution in [2.75, 3.05) is 12.9 Å². The average molecular weight is 306 g/mol. The first-order chi connectivity index (χ1) is 10.1. The Labute approximate surface area is 127 Å². The van der Waals surface area contributed by atoms with Crippen LogP contribution in [0.1, 0.15) is 24.7 Å². The zero-order valence-corrected chi connectivity index (χ0v) is 12.5. The molecular formula is C15H16ClN3O2. The molecule has 1 saturated heterocycles. The molecular weight excluding hydrogens is 290 g/mol. The third kappa shape index (κ3) is 2.31. The van der Waals surface area contributed by atoms with Crippen LogP contribution in [0, 0.1) is 0 Å². The number of rotatable bonds is 3. The van der Waals surface area contributed by atoms with E-state index in [0.717, 1.165) is 16.9 Å². The van der Waals surface area contributed by atoms with E-state index in [9.17, 15) is 9.59 Å². The van der Waals surface area contributed by atoms with Gasteiger partial charge in [-0.3, -0.25) is 14.5 Å². The number of likely N-dealkylation sites (N-methyl/N-ethyl adjacent to an activating group) is 1. The Bertz CT molecular complexity index is 710. The van der Waals surface area contributed by atoms with Crippen LogP contribution in [0.15, 0.2) is 24.3 Å². The molecule has 2 aromatic rings. The summed E-state index contributed by atoms with van der Waals surface area (Å²) in [5, 5.41) is 0. The highest BCUT2D eigenvalue weighted by atomic mass is 35.5. The highest BCUT2D eigenvalue weighted by Crippen LogP contribution is 2.29. The molecule has 1 unspecified atom stereocenters. The summed E-state index contributed by atoms with van der Waals surface area (Å²) in [4.78, 5) is 29.9. The van der Waals surface area contributed by atoms with Gasteiger partial charge in [0.2, 0.25) is 5.91 Å². The van der Waals surface area contributed by atoms with Crippen LogP contribution in [0.25, 0.3) is 11.0 Å². The summed E-state index contributed by atoms with van der Waals surface area (Å²) in [6, 6.07) is 7.34. The van der Waals surface area contributed by atoms with Crippen molar-refractivity contribution in [3.63, 3.8) is 0 Å². The van der Waals surface area contributed by atoms with Crippen molar-refractivity contribution in [2.45, 2.75) is 25.3 Å². The molecule has 3 rings (SSSR count). The molecule has 1 aliphatic heterocycles. The molecule has 1 aromatic carbocycles. The van der Waals surface area contributed by atoms with Gasteiger partial charge in [0.05, 0.1) is 11.0 Å². The molecule has 1 fully saturated rings. The van der Waals surface area contributed by atoms with Gasteiger partial charge in [0.15, 0.2) is 0 Å². The molecule has 1 aromatic heterocycles. The normalized spacial score (nSPS) is 19.5. The number of aromatic nitrogens is 2. The number of imidazole rings is 1. The van der Waals surface area contributed by atoms with Gasteiger partial charge in [0.1, 0.15) is 11.9 Å². The van der Waals surface area contributed by atoms with Gasteiger partial charge in [0, 0.05) is 25.8 Å². The van der Waals surface area contributed by atoms with Gasteiger partial charge in [-0.1, -0.05) is 12.1 Å². The standard InChI is InChI=1S/C15H16ClN3O2/c1-18-14(20)7-6-12(15(18)21)19-11-5-3-2-4-10(11)17-13(19)8-9-16/h2-5,12H,6-9H2,1H3. The zero-order chi connectivity index (χ0) is 15.0. The summed E-state index contributed by atoms with van der Waals surface area (Å²) >= 11 is 5.86. The molecule has 2 amide bonds. The molecule has 5 nitrogen and oxygen atoms in total. The number of nitrogens with zero attached hydrogens (tertiary/aromatic N) is 3. The van der Waals surface area contributed by atoms with E-state index in [1.54, 1.807) is 0 Å². The number of likely N-dealkylation sites (tertiary alicyclic amines) is 1. The number of benzene rings is 1. The van der Waals surface area contributed by atoms with E-state index in [4.69, 9.17) is 11.6 Å². The predicted octanol–water partition coefficient (Wildman–Crippen LogP) is 2.14. The lowest BCUT2D eigenvalue weighted by Crippen LogP contribution is -2.43. The fourth-order valence-electron chi connectivity index (χ4n) is 2.84. The lowest BCUT2D eigenvalue weighted by molar-refractivity contribution is -0.149. The Morgan fingerprint density at radius 1 is 1.33 bits per heavy atom. The van der Waals surface area contributed by atoms with E-state index in [1.807, 2.05) is 28.8 Å². The van der Waals surface area contributed by atoms with Crippen LogP contribution in [0.4, 0.5) is 0 Å². The van der Waals surface area contributed by atoms with E-state index in [0.29, 0.717) is 25.1 Å². The van der Waals surface area contributed by atoms with Crippen LogP contribution < -0.4 is 0 Å². The van der Waals surface area contributed by atoms with Crippen molar-refractivity contribution >= 4 is 34.4 Å². The summed E-state index contributed by atoms with van der Waals surface area (Å²) in [6.07, 6.45) is 1.48. The Morgan fingerprint density at radius 3 is 2.86 bits per heavy atom. The Hall–Kier alpha value is -1.88. The molecule has 0 saturated carbocycles. The summed E-state index contributed by atoms with van der Waals surface area (Å²) in [5.41, 5.74) is 1.77. The van der Waals surface area contributed by atoms with Gasteiger partial charge in [-0.15, -0.1) is 11.6 Å². The van der Waals surface area contributed by atoms with Crippen molar-refractivity contribution < 1.29 is 9.59 Å². The third-order valence-electron chi connectivity index (χ3n) is 3.92. The number of para-hydroxylation sites is 2. The van der Waals surface area contributed by atoms with Gasteiger partial charge in [-0.05, 0) is 18.6 Å². The summed E-state index contributed by atoms with van der Waals surface area (Å²) in [5.74, 6) is 0.941. The zero-order valence-electron chi connectivity index (χ0n) is 11.8. The number of fused-ring (bicyclic) bond motifs is 1. The molecule has 0 aliphatic carbocycles. The fourth-order valence-corrected chi connectivity index (χ4v) is 3.01. The second-order valence-electron chi connectivity index (χ2n) is 5.17. The average Bonchev–Trinajstić information content (AvgIpc) is 2.84. The van der Waals surface area contributed by atoms with Crippen molar-refractivity contribution in [3.8, 4) is 0 Å². The topological polar surface area (TPSA) is 55.2 Å². The smallest absolute Gasteiger partial charge is 0.252 e. The Morgan fingerprint density at radius 2 is 2.10 bits per heavy atom. The minimum atomic E-state index is -0.377. The maximum absolute atomic E-state index is 12.5. The highest BCUT2D eigenvalue weighted by molar-refractivity contribution is 6.18. The minimum absolute atomic E-state index is 0.125. The van der Waals surface area contributed by atoms with Crippen LogP contribution in [0.3, 0.4) is 0 Å². The number of carbonyl (C=O) groups excluding carboxylic acids is 2. The SMILES string of the molecule is CN1C(=O)CCC(n2c(CCCl)nc3ccccc32)C1=O. The third-order valence-corrected chi connectivity index (χ3v) is 4.11. The molecule has 6 heteroatoms. The maximum Gasteiger partial charge on any atom is 0.252 e. The van der Waals surface area contributed by atoms with E-state index in [-0.39, 0.29) is 17.9 Å². The molecule has 1 atom stereocenters. The van der Waals surface area contributed by atoms with Crippen LogP contribution in [0.5, 0.6) is 0 Å². The molecule has 0 bridgehead atoms. The first-order valence-corrected chi connectivity index (χ1v) is 7.49. The Kier molecular flexibility index (Phi) is 3.68. The molecule has 110 valence electrons. The molecule has 21 heavy (non-hydrogen) atoms. The first-order valence-electron chi connectivity index (χ1n) is 6.95. The highest BCUT2D eigenvalue weighted by Gasteiger charge is 2.34. The minimum Gasteiger partial charge on any atom is -0.315 e. The van der Waals surface area contributed by atoms with Crippen molar-refractivity contribution in [1.29, 1.82) is 0 Å². The number of hydrogen-bond donors (Lipinski definition) is 0. The maximum atomic E-state index is 12.5. The monoisotopic (exact) mass is 305 g/mol. The quantitative estimate of drug-likeness (QED) is 0.645. The second kappa shape index (κ2) is 5.48. The Balaban J connectivity index is 2.12. The largest absolute Gasteiger partial charge is 0.315 e.